The average Bonchev–Trinajstić information content (AvgIpc) is 2.93. The van der Waals surface area contributed by atoms with E-state index in [1.165, 1.54) is 0 Å². The van der Waals surface area contributed by atoms with Gasteiger partial charge in [-0.05, 0) is 24.3 Å². The molecule has 0 bridgehead atoms. The van der Waals surface area contributed by atoms with Crippen molar-refractivity contribution in [3.05, 3.63) is 100 Å². The van der Waals surface area contributed by atoms with Gasteiger partial charge in [0.25, 0.3) is 11.8 Å². The van der Waals surface area contributed by atoms with Crippen molar-refractivity contribution in [2.45, 2.75) is 5.66 Å². The van der Waals surface area contributed by atoms with Crippen LogP contribution < -0.4 is 10.2 Å². The number of benzene rings is 3. The lowest BCUT2D eigenvalue weighted by atomic mass is 9.88. The largest absolute Gasteiger partial charge is 0.321 e. The maximum Gasteiger partial charge on any atom is 0.261 e. The normalized spacial score (nSPS) is 20.3. The van der Waals surface area contributed by atoms with Gasteiger partial charge in [0.1, 0.15) is 0 Å². The SMILES string of the molecule is O=C1N[C@]2(c3ccccc3)c3ccccc3C(=O)N2c2ccc(Cl)cc21. The second-order valence-corrected chi connectivity index (χ2v) is 6.81. The maximum atomic E-state index is 13.3. The minimum atomic E-state index is -1.06. The first kappa shape index (κ1) is 15.2. The van der Waals surface area contributed by atoms with E-state index in [2.05, 4.69) is 5.32 Å². The highest BCUT2D eigenvalue weighted by Crippen LogP contribution is 2.48. The van der Waals surface area contributed by atoms with E-state index in [0.717, 1.165) is 11.1 Å². The Labute approximate surface area is 155 Å². The predicted octanol–water partition coefficient (Wildman–Crippen LogP) is 3.94. The zero-order valence-electron chi connectivity index (χ0n) is 13.6. The summed E-state index contributed by atoms with van der Waals surface area (Å²) >= 11 is 6.08. The van der Waals surface area contributed by atoms with Crippen LogP contribution in [0.4, 0.5) is 5.69 Å². The summed E-state index contributed by atoms with van der Waals surface area (Å²) in [6, 6.07) is 22.0. The van der Waals surface area contributed by atoms with Gasteiger partial charge in [0, 0.05) is 21.7 Å². The topological polar surface area (TPSA) is 49.4 Å². The minimum Gasteiger partial charge on any atom is -0.321 e. The Kier molecular flexibility index (Phi) is 3.03. The first-order chi connectivity index (χ1) is 12.6. The van der Waals surface area contributed by atoms with Crippen molar-refractivity contribution in [1.29, 1.82) is 0 Å². The quantitative estimate of drug-likeness (QED) is 0.714. The summed E-state index contributed by atoms with van der Waals surface area (Å²) in [5.41, 5.74) is 2.07. The number of nitrogens with zero attached hydrogens (tertiary/aromatic N) is 1. The highest BCUT2D eigenvalue weighted by Gasteiger charge is 2.55. The van der Waals surface area contributed by atoms with Gasteiger partial charge < -0.3 is 5.32 Å². The molecule has 5 rings (SSSR count). The van der Waals surface area contributed by atoms with Crippen LogP contribution >= 0.6 is 11.6 Å². The zero-order valence-corrected chi connectivity index (χ0v) is 14.3. The molecule has 2 amide bonds. The second kappa shape index (κ2) is 5.19. The number of amides is 2. The van der Waals surface area contributed by atoms with Crippen molar-refractivity contribution in [3.8, 4) is 0 Å². The number of hydrogen-bond donors (Lipinski definition) is 1. The summed E-state index contributed by atoms with van der Waals surface area (Å²) in [5.74, 6) is -0.403. The molecule has 4 nitrogen and oxygen atoms in total. The van der Waals surface area contributed by atoms with Crippen LogP contribution in [0.15, 0.2) is 72.8 Å². The molecule has 0 saturated carbocycles. The third-order valence-corrected chi connectivity index (χ3v) is 5.25. The first-order valence-electron chi connectivity index (χ1n) is 8.24. The van der Waals surface area contributed by atoms with E-state index in [-0.39, 0.29) is 11.8 Å². The fraction of sp³-hybridized carbons (Fsp3) is 0.0476. The van der Waals surface area contributed by atoms with Crippen molar-refractivity contribution in [3.63, 3.8) is 0 Å². The molecule has 5 heteroatoms. The lowest BCUT2D eigenvalue weighted by Crippen LogP contribution is -2.60. The van der Waals surface area contributed by atoms with Crippen LogP contribution in [0.25, 0.3) is 0 Å². The van der Waals surface area contributed by atoms with Gasteiger partial charge in [0.2, 0.25) is 0 Å². The molecule has 3 aromatic carbocycles. The molecular weight excluding hydrogens is 348 g/mol. The predicted molar refractivity (Wildman–Crippen MR) is 99.4 cm³/mol. The van der Waals surface area contributed by atoms with Crippen LogP contribution in [-0.4, -0.2) is 11.8 Å². The molecule has 0 radical (unpaired) electrons. The molecule has 0 aliphatic carbocycles. The smallest absolute Gasteiger partial charge is 0.261 e. The van der Waals surface area contributed by atoms with Gasteiger partial charge in [-0.2, -0.15) is 0 Å². The Morgan fingerprint density at radius 3 is 2.38 bits per heavy atom. The molecule has 0 spiro atoms. The van der Waals surface area contributed by atoms with Crippen molar-refractivity contribution in [2.24, 2.45) is 0 Å². The van der Waals surface area contributed by atoms with Gasteiger partial charge in [-0.15, -0.1) is 0 Å². The first-order valence-corrected chi connectivity index (χ1v) is 8.62. The molecule has 2 heterocycles. The van der Waals surface area contributed by atoms with Gasteiger partial charge >= 0.3 is 0 Å². The molecule has 1 atom stereocenters. The number of hydrogen-bond acceptors (Lipinski definition) is 2. The van der Waals surface area contributed by atoms with Crippen LogP contribution in [0.2, 0.25) is 5.02 Å². The number of carbonyl (C=O) groups excluding carboxylic acids is 2. The summed E-state index contributed by atoms with van der Waals surface area (Å²) in [6.45, 7) is 0. The van der Waals surface area contributed by atoms with Crippen molar-refractivity contribution in [1.82, 2.24) is 5.32 Å². The molecule has 0 fully saturated rings. The number of anilines is 1. The summed E-state index contributed by atoms with van der Waals surface area (Å²) in [5, 5.41) is 3.54. The fourth-order valence-corrected chi connectivity index (χ4v) is 4.12. The average molecular weight is 361 g/mol. The number of nitrogens with one attached hydrogen (secondary N) is 1. The Morgan fingerprint density at radius 1 is 0.846 bits per heavy atom. The molecule has 126 valence electrons. The van der Waals surface area contributed by atoms with Gasteiger partial charge in [-0.25, -0.2) is 0 Å². The van der Waals surface area contributed by atoms with E-state index < -0.39 is 5.66 Å². The standard InChI is InChI=1S/C21H13ClN2O2/c22-14-10-11-18-16(12-14)19(25)23-21(13-6-2-1-3-7-13)17-9-5-4-8-15(17)20(26)24(18)21/h1-12H,(H,23,25)/t21-/m0/s1. The lowest BCUT2D eigenvalue weighted by molar-refractivity contribution is 0.0878. The Bertz CT molecular complexity index is 1080. The third-order valence-electron chi connectivity index (χ3n) is 5.02. The van der Waals surface area contributed by atoms with E-state index >= 15 is 0 Å². The van der Waals surface area contributed by atoms with Gasteiger partial charge in [0.05, 0.1) is 11.3 Å². The van der Waals surface area contributed by atoms with Crippen LogP contribution in [0.5, 0.6) is 0 Å². The van der Waals surface area contributed by atoms with E-state index in [9.17, 15) is 9.59 Å². The third kappa shape index (κ3) is 1.79. The molecule has 0 saturated heterocycles. The number of rotatable bonds is 1. The molecule has 3 aromatic rings. The van der Waals surface area contributed by atoms with Crippen molar-refractivity contribution < 1.29 is 9.59 Å². The summed E-state index contributed by atoms with van der Waals surface area (Å²) in [6.07, 6.45) is 0. The monoisotopic (exact) mass is 360 g/mol. The molecule has 2 aliphatic rings. The van der Waals surface area contributed by atoms with E-state index in [4.69, 9.17) is 11.6 Å². The Morgan fingerprint density at radius 2 is 1.58 bits per heavy atom. The highest BCUT2D eigenvalue weighted by molar-refractivity contribution is 6.31. The maximum absolute atomic E-state index is 13.3. The molecular formula is C21H13ClN2O2. The molecule has 2 aliphatic heterocycles. The van der Waals surface area contributed by atoms with Crippen molar-refractivity contribution in [2.75, 3.05) is 4.90 Å². The summed E-state index contributed by atoms with van der Waals surface area (Å²) in [4.78, 5) is 27.9. The second-order valence-electron chi connectivity index (χ2n) is 6.38. The molecule has 0 aromatic heterocycles. The molecule has 26 heavy (non-hydrogen) atoms. The number of fused-ring (bicyclic) bond motifs is 5. The van der Waals surface area contributed by atoms with E-state index in [1.54, 1.807) is 29.2 Å². The van der Waals surface area contributed by atoms with Gasteiger partial charge in [0.15, 0.2) is 5.66 Å². The van der Waals surface area contributed by atoms with Crippen LogP contribution in [0.3, 0.4) is 0 Å². The van der Waals surface area contributed by atoms with Gasteiger partial charge in [-0.3, -0.25) is 14.5 Å². The van der Waals surface area contributed by atoms with Crippen molar-refractivity contribution >= 4 is 29.1 Å². The number of carbonyl (C=O) groups is 2. The number of halogens is 1. The van der Waals surface area contributed by atoms with Gasteiger partial charge in [-0.1, -0.05) is 60.1 Å². The summed E-state index contributed by atoms with van der Waals surface area (Å²) < 4.78 is 0. The van der Waals surface area contributed by atoms with Crippen LogP contribution in [0.1, 0.15) is 31.8 Å². The van der Waals surface area contributed by atoms with E-state index in [1.807, 2.05) is 48.5 Å². The zero-order chi connectivity index (χ0) is 17.9. The highest BCUT2D eigenvalue weighted by atomic mass is 35.5. The fourth-order valence-electron chi connectivity index (χ4n) is 3.94. The minimum absolute atomic E-state index is 0.145. The Hall–Kier alpha value is -3.11. The summed E-state index contributed by atoms with van der Waals surface area (Å²) in [7, 11) is 0. The van der Waals surface area contributed by atoms with E-state index in [0.29, 0.717) is 21.8 Å². The molecule has 0 unspecified atom stereocenters. The van der Waals surface area contributed by atoms with Crippen LogP contribution in [0, 0.1) is 0 Å². The lowest BCUT2D eigenvalue weighted by Gasteiger charge is -2.44. The molecule has 1 N–H and O–H groups in total. The van der Waals surface area contributed by atoms with Crippen LogP contribution in [-0.2, 0) is 5.66 Å². The Balaban J connectivity index is 1.88.